The molecular weight excluding hydrogens is 440 g/mol. The Hall–Kier alpha value is -2.89. The van der Waals surface area contributed by atoms with Crippen LogP contribution in [0, 0.1) is 0 Å². The summed E-state index contributed by atoms with van der Waals surface area (Å²) in [5.74, 6) is -2.68. The average Bonchev–Trinajstić information content (AvgIpc) is 2.76. The highest BCUT2D eigenvalue weighted by Gasteiger charge is 2.52. The molecule has 2 N–H and O–H groups in total. The number of rotatable bonds is 13. The molecule has 1 amide bonds. The monoisotopic (exact) mass is 472 g/mol. The van der Waals surface area contributed by atoms with Gasteiger partial charge in [-0.05, 0) is 24.8 Å². The second-order valence-electron chi connectivity index (χ2n) is 7.36. The van der Waals surface area contributed by atoms with Gasteiger partial charge in [0.25, 0.3) is 0 Å². The molecule has 2 unspecified atom stereocenters. The Morgan fingerprint density at radius 2 is 1.45 bits per heavy atom. The van der Waals surface area contributed by atoms with Gasteiger partial charge in [0.15, 0.2) is 12.2 Å². The van der Waals surface area contributed by atoms with Gasteiger partial charge in [-0.1, -0.05) is 25.9 Å². The van der Waals surface area contributed by atoms with E-state index >= 15 is 0 Å². The van der Waals surface area contributed by atoms with Crippen LogP contribution in [0.25, 0.3) is 10.4 Å². The maximum Gasteiger partial charge on any atom is 0.308 e. The van der Waals surface area contributed by atoms with Crippen LogP contribution in [0.3, 0.4) is 0 Å². The van der Waals surface area contributed by atoms with Crippen LogP contribution < -0.4 is 5.32 Å². The van der Waals surface area contributed by atoms with Crippen molar-refractivity contribution in [2.75, 3.05) is 13.2 Å². The van der Waals surface area contributed by atoms with E-state index in [1.807, 2.05) is 0 Å². The molecule has 1 aliphatic rings. The number of carbonyl (C=O) groups excluding carboxylic acids is 4. The second-order valence-corrected chi connectivity index (χ2v) is 7.36. The SMILES string of the molecule is CCCC(=O)O[C@@H]1OC(CO)[C@@H](OC(=O)CCC)[C@H](OC(=O)CCC)C1NC(=O)CN=[N+]=[N-]. The van der Waals surface area contributed by atoms with Crippen molar-refractivity contribution in [2.24, 2.45) is 5.11 Å². The highest BCUT2D eigenvalue weighted by atomic mass is 16.7. The molecule has 13 heteroatoms. The minimum absolute atomic E-state index is 0.0382. The number of nitrogens with zero attached hydrogens (tertiary/aromatic N) is 3. The number of aliphatic hydroxyl groups is 1. The molecule has 1 rings (SSSR count). The molecule has 186 valence electrons. The molecule has 0 saturated carbocycles. The van der Waals surface area contributed by atoms with Crippen LogP contribution in [0.1, 0.15) is 59.3 Å². The normalized spacial score (nSPS) is 24.2. The summed E-state index contributed by atoms with van der Waals surface area (Å²) in [6.45, 7) is 4.06. The van der Waals surface area contributed by atoms with Gasteiger partial charge in [0.1, 0.15) is 18.7 Å². The number of esters is 3. The summed E-state index contributed by atoms with van der Waals surface area (Å²) < 4.78 is 22.0. The van der Waals surface area contributed by atoms with Crippen molar-refractivity contribution in [3.63, 3.8) is 0 Å². The van der Waals surface area contributed by atoms with Gasteiger partial charge in [0.05, 0.1) is 6.61 Å². The predicted molar refractivity (Wildman–Crippen MR) is 112 cm³/mol. The van der Waals surface area contributed by atoms with Crippen LogP contribution in [-0.2, 0) is 38.1 Å². The number of aliphatic hydroxyl groups excluding tert-OH is 1. The Morgan fingerprint density at radius 1 is 0.939 bits per heavy atom. The molecule has 1 aliphatic heterocycles. The van der Waals surface area contributed by atoms with Crippen molar-refractivity contribution in [3.05, 3.63) is 10.4 Å². The smallest absolute Gasteiger partial charge is 0.308 e. The van der Waals surface area contributed by atoms with Crippen LogP contribution in [0.5, 0.6) is 0 Å². The Labute approximate surface area is 191 Å². The standard InChI is InChI=1S/C20H32N4O9/c1-4-7-14(27)31-18-12(11-25)30-20(33-16(29)9-6-3)17(23-13(26)10-22-24-21)19(18)32-15(28)8-5-2/h12,17-20,25H,4-11H2,1-3H3,(H,23,26)/t12?,17?,18-,19-,20+/m1/s1. The lowest BCUT2D eigenvalue weighted by Gasteiger charge is -2.44. The number of ether oxygens (including phenoxy) is 4. The molecule has 0 aliphatic carbocycles. The highest BCUT2D eigenvalue weighted by molar-refractivity contribution is 5.79. The Bertz CT molecular complexity index is 726. The van der Waals surface area contributed by atoms with E-state index in [1.165, 1.54) is 0 Å². The maximum absolute atomic E-state index is 12.3. The number of amides is 1. The number of carbonyl (C=O) groups is 4. The summed E-state index contributed by atoms with van der Waals surface area (Å²) in [6.07, 6.45) is -3.71. The Morgan fingerprint density at radius 3 is 1.94 bits per heavy atom. The fourth-order valence-corrected chi connectivity index (χ4v) is 3.14. The first kappa shape index (κ1) is 28.1. The van der Waals surface area contributed by atoms with Gasteiger partial charge < -0.3 is 29.4 Å². The summed E-state index contributed by atoms with van der Waals surface area (Å²) in [6, 6.07) is -1.30. The molecule has 5 atom stereocenters. The quantitative estimate of drug-likeness (QED) is 0.131. The van der Waals surface area contributed by atoms with Gasteiger partial charge in [-0.3, -0.25) is 19.2 Å². The number of hydrogen-bond donors (Lipinski definition) is 2. The van der Waals surface area contributed by atoms with Crippen LogP contribution in [-0.4, -0.2) is 72.7 Å². The number of hydrogen-bond acceptors (Lipinski definition) is 10. The van der Waals surface area contributed by atoms with Gasteiger partial charge in [-0.25, -0.2) is 0 Å². The van der Waals surface area contributed by atoms with Gasteiger partial charge >= 0.3 is 17.9 Å². The van der Waals surface area contributed by atoms with Crippen LogP contribution in [0.2, 0.25) is 0 Å². The van der Waals surface area contributed by atoms with Gasteiger partial charge in [-0.2, -0.15) is 0 Å². The topological polar surface area (TPSA) is 186 Å². The van der Waals surface area contributed by atoms with E-state index < -0.39 is 67.6 Å². The third-order valence-corrected chi connectivity index (χ3v) is 4.58. The molecule has 0 radical (unpaired) electrons. The third kappa shape index (κ3) is 9.24. The molecule has 0 aromatic rings. The largest absolute Gasteiger partial charge is 0.456 e. The molecule has 1 heterocycles. The molecule has 0 aromatic carbocycles. The molecule has 0 aromatic heterocycles. The van der Waals surface area contributed by atoms with Crippen LogP contribution in [0.4, 0.5) is 0 Å². The molecule has 0 bridgehead atoms. The first-order chi connectivity index (χ1) is 15.8. The Balaban J connectivity index is 3.35. The summed E-state index contributed by atoms with van der Waals surface area (Å²) >= 11 is 0. The van der Waals surface area contributed by atoms with E-state index in [0.29, 0.717) is 19.3 Å². The van der Waals surface area contributed by atoms with E-state index in [9.17, 15) is 24.3 Å². The van der Waals surface area contributed by atoms with Crippen molar-refractivity contribution >= 4 is 23.8 Å². The maximum atomic E-state index is 12.3. The van der Waals surface area contributed by atoms with Crippen molar-refractivity contribution in [1.29, 1.82) is 0 Å². The number of azide groups is 1. The average molecular weight is 472 g/mol. The minimum atomic E-state index is -1.46. The van der Waals surface area contributed by atoms with Crippen molar-refractivity contribution in [3.8, 4) is 0 Å². The van der Waals surface area contributed by atoms with Crippen LogP contribution in [0.15, 0.2) is 5.11 Å². The fraction of sp³-hybridized carbons (Fsp3) is 0.800. The van der Waals surface area contributed by atoms with E-state index in [1.54, 1.807) is 20.8 Å². The lowest BCUT2D eigenvalue weighted by Crippen LogP contribution is -2.67. The van der Waals surface area contributed by atoms with Gasteiger partial charge in [0.2, 0.25) is 12.2 Å². The van der Waals surface area contributed by atoms with E-state index in [-0.39, 0.29) is 19.3 Å². The second kappa shape index (κ2) is 15.0. The van der Waals surface area contributed by atoms with Crippen LogP contribution >= 0.6 is 0 Å². The zero-order valence-corrected chi connectivity index (χ0v) is 19.1. The summed E-state index contributed by atoms with van der Waals surface area (Å²) in [5.41, 5.74) is 8.47. The van der Waals surface area contributed by atoms with Gasteiger partial charge in [0, 0.05) is 24.2 Å². The molecule has 1 fully saturated rings. The molecule has 33 heavy (non-hydrogen) atoms. The third-order valence-electron chi connectivity index (χ3n) is 4.58. The van der Waals surface area contributed by atoms with Crippen molar-refractivity contribution in [1.82, 2.24) is 5.32 Å². The number of nitrogens with one attached hydrogen (secondary N) is 1. The predicted octanol–water partition coefficient (Wildman–Crippen LogP) is 1.27. The van der Waals surface area contributed by atoms with Gasteiger partial charge in [-0.15, -0.1) is 0 Å². The minimum Gasteiger partial charge on any atom is -0.456 e. The van der Waals surface area contributed by atoms with E-state index in [0.717, 1.165) is 0 Å². The summed E-state index contributed by atoms with van der Waals surface area (Å²) in [4.78, 5) is 51.5. The van der Waals surface area contributed by atoms with Crippen molar-refractivity contribution < 1.29 is 43.2 Å². The molecule has 0 spiro atoms. The molecule has 13 nitrogen and oxygen atoms in total. The zero-order valence-electron chi connectivity index (χ0n) is 19.1. The highest BCUT2D eigenvalue weighted by Crippen LogP contribution is 2.28. The zero-order chi connectivity index (χ0) is 24.8. The van der Waals surface area contributed by atoms with Crippen molar-refractivity contribution in [2.45, 2.75) is 89.9 Å². The first-order valence-corrected chi connectivity index (χ1v) is 11.0. The lowest BCUT2D eigenvalue weighted by atomic mass is 9.96. The molecule has 1 saturated heterocycles. The lowest BCUT2D eigenvalue weighted by molar-refractivity contribution is -0.271. The Kier molecular flexibility index (Phi) is 12.8. The van der Waals surface area contributed by atoms with E-state index in [4.69, 9.17) is 24.5 Å². The first-order valence-electron chi connectivity index (χ1n) is 11.0. The summed E-state index contributed by atoms with van der Waals surface area (Å²) in [5, 5.41) is 15.5. The van der Waals surface area contributed by atoms with E-state index in [2.05, 4.69) is 15.3 Å². The fourth-order valence-electron chi connectivity index (χ4n) is 3.14. The summed E-state index contributed by atoms with van der Waals surface area (Å²) in [7, 11) is 0. The molecular formula is C20H32N4O9.